The van der Waals surface area contributed by atoms with Crippen molar-refractivity contribution in [3.63, 3.8) is 0 Å². The Morgan fingerprint density at radius 1 is 1.25 bits per heavy atom. The minimum Gasteiger partial charge on any atom is -0.361 e. The van der Waals surface area contributed by atoms with Crippen molar-refractivity contribution in [2.45, 2.75) is 13.5 Å². The van der Waals surface area contributed by atoms with E-state index in [1.807, 2.05) is 24.3 Å². The maximum absolute atomic E-state index is 11.8. The van der Waals surface area contributed by atoms with Crippen LogP contribution in [-0.2, 0) is 6.54 Å². The number of hydrogen-bond acceptors (Lipinski definition) is 5. The molecule has 1 aromatic carbocycles. The molecule has 0 bridgehead atoms. The summed E-state index contributed by atoms with van der Waals surface area (Å²) in [5, 5.41) is 7.70. The lowest BCUT2D eigenvalue weighted by Crippen LogP contribution is -2.16. The zero-order valence-corrected chi connectivity index (χ0v) is 12.1. The summed E-state index contributed by atoms with van der Waals surface area (Å²) in [6.07, 6.45) is 0. The first kappa shape index (κ1) is 12.9. The standard InChI is InChI=1S/C13H10BrN3O3/c1-8-5-11(15-19-8)7-17-12(16-20-13(17)18)9-3-2-4-10(14)6-9/h2-6H,7H2,1H3. The first-order valence-electron chi connectivity index (χ1n) is 5.88. The molecule has 0 fully saturated rings. The Hall–Kier alpha value is -2.15. The lowest BCUT2D eigenvalue weighted by molar-refractivity contribution is 0.373. The molecule has 0 aliphatic rings. The second-order valence-electron chi connectivity index (χ2n) is 4.30. The number of rotatable bonds is 3. The second kappa shape index (κ2) is 5.09. The normalized spacial score (nSPS) is 10.9. The molecular weight excluding hydrogens is 326 g/mol. The topological polar surface area (TPSA) is 74.1 Å². The van der Waals surface area contributed by atoms with Gasteiger partial charge in [0, 0.05) is 16.1 Å². The van der Waals surface area contributed by atoms with Gasteiger partial charge in [-0.05, 0) is 19.1 Å². The van der Waals surface area contributed by atoms with E-state index in [-0.39, 0.29) is 6.54 Å². The summed E-state index contributed by atoms with van der Waals surface area (Å²) < 4.78 is 12.1. The van der Waals surface area contributed by atoms with Crippen molar-refractivity contribution < 1.29 is 9.05 Å². The first-order valence-corrected chi connectivity index (χ1v) is 6.67. The highest BCUT2D eigenvalue weighted by molar-refractivity contribution is 9.10. The fourth-order valence-corrected chi connectivity index (χ4v) is 2.30. The minimum atomic E-state index is -0.527. The van der Waals surface area contributed by atoms with Crippen LogP contribution in [0.3, 0.4) is 0 Å². The van der Waals surface area contributed by atoms with Crippen LogP contribution in [0.25, 0.3) is 11.4 Å². The summed E-state index contributed by atoms with van der Waals surface area (Å²) in [6, 6.07) is 9.24. The highest BCUT2D eigenvalue weighted by Gasteiger charge is 2.15. The molecule has 0 radical (unpaired) electrons. The van der Waals surface area contributed by atoms with Crippen LogP contribution >= 0.6 is 15.9 Å². The third-order valence-corrected chi connectivity index (χ3v) is 3.26. The Morgan fingerprint density at radius 2 is 2.10 bits per heavy atom. The minimum absolute atomic E-state index is 0.252. The Kier molecular flexibility index (Phi) is 3.27. The second-order valence-corrected chi connectivity index (χ2v) is 5.21. The molecule has 102 valence electrons. The van der Waals surface area contributed by atoms with Gasteiger partial charge in [-0.25, -0.2) is 4.79 Å². The highest BCUT2D eigenvalue weighted by atomic mass is 79.9. The van der Waals surface area contributed by atoms with Crippen molar-refractivity contribution in [3.05, 3.63) is 56.8 Å². The molecule has 0 atom stereocenters. The molecule has 0 saturated heterocycles. The number of halogens is 1. The largest absolute Gasteiger partial charge is 0.442 e. The molecule has 2 aromatic heterocycles. The van der Waals surface area contributed by atoms with Crippen LogP contribution in [0.4, 0.5) is 0 Å². The molecule has 0 saturated carbocycles. The van der Waals surface area contributed by atoms with E-state index in [4.69, 9.17) is 9.05 Å². The van der Waals surface area contributed by atoms with Gasteiger partial charge in [0.15, 0.2) is 5.82 Å². The van der Waals surface area contributed by atoms with E-state index in [0.29, 0.717) is 17.3 Å². The fourth-order valence-electron chi connectivity index (χ4n) is 1.90. The third-order valence-electron chi connectivity index (χ3n) is 2.77. The molecule has 0 N–H and O–H groups in total. The van der Waals surface area contributed by atoms with Gasteiger partial charge in [0.1, 0.15) is 11.5 Å². The summed E-state index contributed by atoms with van der Waals surface area (Å²) >= 11 is 3.39. The van der Waals surface area contributed by atoms with Crippen molar-refractivity contribution in [2.75, 3.05) is 0 Å². The predicted molar refractivity (Wildman–Crippen MR) is 74.2 cm³/mol. The number of hydrogen-bond donors (Lipinski definition) is 0. The molecule has 0 aliphatic heterocycles. The van der Waals surface area contributed by atoms with Crippen LogP contribution in [0, 0.1) is 6.92 Å². The predicted octanol–water partition coefficient (Wildman–Crippen LogP) is 2.61. The number of nitrogens with zero attached hydrogens (tertiary/aromatic N) is 3. The van der Waals surface area contributed by atoms with E-state index < -0.39 is 5.76 Å². The SMILES string of the molecule is Cc1cc(Cn2c(-c3cccc(Br)c3)noc2=O)no1. The van der Waals surface area contributed by atoms with Gasteiger partial charge in [0.25, 0.3) is 0 Å². The summed E-state index contributed by atoms with van der Waals surface area (Å²) in [4.78, 5) is 11.8. The van der Waals surface area contributed by atoms with E-state index in [9.17, 15) is 4.79 Å². The third kappa shape index (κ3) is 2.44. The van der Waals surface area contributed by atoms with Gasteiger partial charge < -0.3 is 4.52 Å². The number of benzene rings is 1. The molecule has 6 nitrogen and oxygen atoms in total. The van der Waals surface area contributed by atoms with Gasteiger partial charge in [-0.1, -0.05) is 38.4 Å². The van der Waals surface area contributed by atoms with Crippen molar-refractivity contribution >= 4 is 15.9 Å². The van der Waals surface area contributed by atoms with Crippen molar-refractivity contribution in [1.29, 1.82) is 0 Å². The van der Waals surface area contributed by atoms with Crippen molar-refractivity contribution in [1.82, 2.24) is 14.9 Å². The van der Waals surface area contributed by atoms with Gasteiger partial charge in [0.05, 0.1) is 6.54 Å². The van der Waals surface area contributed by atoms with E-state index in [2.05, 4.69) is 26.2 Å². The highest BCUT2D eigenvalue weighted by Crippen LogP contribution is 2.21. The van der Waals surface area contributed by atoms with Gasteiger partial charge in [0.2, 0.25) is 0 Å². The molecule has 20 heavy (non-hydrogen) atoms. The average molecular weight is 336 g/mol. The zero-order chi connectivity index (χ0) is 14.1. The quantitative estimate of drug-likeness (QED) is 0.735. The lowest BCUT2D eigenvalue weighted by atomic mass is 10.2. The summed E-state index contributed by atoms with van der Waals surface area (Å²) in [6.45, 7) is 2.05. The molecule has 0 amide bonds. The Morgan fingerprint density at radius 3 is 2.80 bits per heavy atom. The molecule has 3 rings (SSSR count). The van der Waals surface area contributed by atoms with Crippen LogP contribution in [0.1, 0.15) is 11.5 Å². The van der Waals surface area contributed by atoms with Crippen LogP contribution in [-0.4, -0.2) is 14.9 Å². The van der Waals surface area contributed by atoms with E-state index in [1.54, 1.807) is 13.0 Å². The Labute approximate surface area is 122 Å². The zero-order valence-electron chi connectivity index (χ0n) is 10.5. The smallest absolute Gasteiger partial charge is 0.361 e. The lowest BCUT2D eigenvalue weighted by Gasteiger charge is -2.02. The Balaban J connectivity index is 2.03. The molecule has 0 aliphatic carbocycles. The maximum Gasteiger partial charge on any atom is 0.442 e. The van der Waals surface area contributed by atoms with E-state index in [0.717, 1.165) is 10.0 Å². The average Bonchev–Trinajstić information content (AvgIpc) is 2.98. The van der Waals surface area contributed by atoms with Crippen LogP contribution in [0.15, 0.2) is 48.6 Å². The molecule has 0 spiro atoms. The Bertz CT molecular complexity index is 803. The van der Waals surface area contributed by atoms with Crippen molar-refractivity contribution in [3.8, 4) is 11.4 Å². The van der Waals surface area contributed by atoms with Gasteiger partial charge in [-0.3, -0.25) is 9.09 Å². The van der Waals surface area contributed by atoms with Crippen LogP contribution in [0.5, 0.6) is 0 Å². The summed E-state index contributed by atoms with van der Waals surface area (Å²) in [7, 11) is 0. The van der Waals surface area contributed by atoms with Crippen LogP contribution < -0.4 is 5.76 Å². The summed E-state index contributed by atoms with van der Waals surface area (Å²) in [5.41, 5.74) is 1.43. The van der Waals surface area contributed by atoms with Crippen molar-refractivity contribution in [2.24, 2.45) is 0 Å². The van der Waals surface area contributed by atoms with Gasteiger partial charge in [-0.2, -0.15) is 0 Å². The van der Waals surface area contributed by atoms with Gasteiger partial charge >= 0.3 is 5.76 Å². The number of aryl methyl sites for hydroxylation is 1. The van der Waals surface area contributed by atoms with Gasteiger partial charge in [-0.15, -0.1) is 0 Å². The fraction of sp³-hybridized carbons (Fsp3) is 0.154. The molecule has 3 aromatic rings. The molecular formula is C13H10BrN3O3. The summed E-state index contributed by atoms with van der Waals surface area (Å²) in [5.74, 6) is 0.617. The molecule has 7 heteroatoms. The molecule has 0 unspecified atom stereocenters. The van der Waals surface area contributed by atoms with E-state index in [1.165, 1.54) is 4.57 Å². The maximum atomic E-state index is 11.8. The monoisotopic (exact) mass is 335 g/mol. The molecule has 2 heterocycles. The number of aromatic nitrogens is 3. The van der Waals surface area contributed by atoms with Crippen LogP contribution in [0.2, 0.25) is 0 Å². The van der Waals surface area contributed by atoms with E-state index >= 15 is 0 Å². The first-order chi connectivity index (χ1) is 9.63.